The molecule has 0 saturated carbocycles. The number of aromatic nitrogens is 4. The standard InChI is InChI=1S/C13H15N5S2/c1-4-8-6-9-11(19-8)15-13(14)16-12(9)20-10-5-7(2)17-18(10)3/h5-6H,4H2,1-3H3,(H2,14,15,16). The molecule has 3 heterocycles. The summed E-state index contributed by atoms with van der Waals surface area (Å²) < 4.78 is 1.86. The molecular formula is C13H15N5S2. The minimum absolute atomic E-state index is 0.323. The maximum atomic E-state index is 5.82. The first-order chi connectivity index (χ1) is 9.56. The number of thiophene rings is 1. The van der Waals surface area contributed by atoms with Crippen LogP contribution in [0.3, 0.4) is 0 Å². The summed E-state index contributed by atoms with van der Waals surface area (Å²) in [5.74, 6) is 0.323. The Morgan fingerprint density at radius 3 is 2.80 bits per heavy atom. The van der Waals surface area contributed by atoms with Gasteiger partial charge >= 0.3 is 0 Å². The summed E-state index contributed by atoms with van der Waals surface area (Å²) >= 11 is 3.26. The summed E-state index contributed by atoms with van der Waals surface area (Å²) in [6, 6.07) is 4.20. The van der Waals surface area contributed by atoms with Crippen LogP contribution in [0.1, 0.15) is 17.5 Å². The third-order valence-corrected chi connectivity index (χ3v) is 5.20. The summed E-state index contributed by atoms with van der Waals surface area (Å²) in [7, 11) is 1.93. The minimum atomic E-state index is 0.323. The Bertz CT molecular complexity index is 775. The monoisotopic (exact) mass is 305 g/mol. The second-order valence-electron chi connectivity index (χ2n) is 4.52. The van der Waals surface area contributed by atoms with Crippen LogP contribution in [-0.4, -0.2) is 19.7 Å². The van der Waals surface area contributed by atoms with Gasteiger partial charge in [-0.05, 0) is 37.2 Å². The highest BCUT2D eigenvalue weighted by Crippen LogP contribution is 2.35. The molecule has 0 aliphatic heterocycles. The SMILES string of the molecule is CCc1cc2c(Sc3cc(C)nn3C)nc(N)nc2s1. The molecule has 7 heteroatoms. The number of aryl methyl sites for hydroxylation is 3. The summed E-state index contributed by atoms with van der Waals surface area (Å²) in [6.07, 6.45) is 0.996. The van der Waals surface area contributed by atoms with Gasteiger partial charge in [0.15, 0.2) is 0 Å². The lowest BCUT2D eigenvalue weighted by molar-refractivity contribution is 0.692. The molecule has 0 fully saturated rings. The molecular weight excluding hydrogens is 290 g/mol. The number of nitrogens with zero attached hydrogens (tertiary/aromatic N) is 4. The zero-order valence-corrected chi connectivity index (χ0v) is 13.2. The van der Waals surface area contributed by atoms with Gasteiger partial charge in [0.2, 0.25) is 5.95 Å². The van der Waals surface area contributed by atoms with E-state index in [-0.39, 0.29) is 0 Å². The highest BCUT2D eigenvalue weighted by Gasteiger charge is 2.13. The molecule has 5 nitrogen and oxygen atoms in total. The first-order valence-electron chi connectivity index (χ1n) is 6.31. The van der Waals surface area contributed by atoms with Crippen molar-refractivity contribution in [3.05, 3.63) is 22.7 Å². The van der Waals surface area contributed by atoms with Gasteiger partial charge in [-0.15, -0.1) is 11.3 Å². The van der Waals surface area contributed by atoms with E-state index in [1.807, 2.05) is 24.7 Å². The second kappa shape index (κ2) is 5.06. The Morgan fingerprint density at radius 2 is 2.15 bits per heavy atom. The molecule has 0 aromatic carbocycles. The van der Waals surface area contributed by atoms with E-state index in [1.165, 1.54) is 4.88 Å². The quantitative estimate of drug-likeness (QED) is 0.753. The van der Waals surface area contributed by atoms with Crippen molar-refractivity contribution in [2.24, 2.45) is 7.05 Å². The zero-order valence-electron chi connectivity index (χ0n) is 11.5. The third kappa shape index (κ3) is 2.38. The Hall–Kier alpha value is -1.60. The molecule has 0 unspecified atom stereocenters. The maximum absolute atomic E-state index is 5.82. The Morgan fingerprint density at radius 1 is 1.35 bits per heavy atom. The summed E-state index contributed by atoms with van der Waals surface area (Å²) in [5, 5.41) is 7.37. The van der Waals surface area contributed by atoms with Crippen LogP contribution in [0.15, 0.2) is 22.2 Å². The molecule has 20 heavy (non-hydrogen) atoms. The molecule has 0 aliphatic rings. The lowest BCUT2D eigenvalue weighted by Crippen LogP contribution is -1.97. The third-order valence-electron chi connectivity index (χ3n) is 2.93. The highest BCUT2D eigenvalue weighted by molar-refractivity contribution is 7.99. The summed E-state index contributed by atoms with van der Waals surface area (Å²) in [6.45, 7) is 4.12. The smallest absolute Gasteiger partial charge is 0.222 e. The van der Waals surface area contributed by atoms with Gasteiger partial charge in [-0.3, -0.25) is 4.68 Å². The molecule has 0 aliphatic carbocycles. The molecule has 0 spiro atoms. The van der Waals surface area contributed by atoms with Gasteiger partial charge < -0.3 is 5.73 Å². The van der Waals surface area contributed by atoms with Crippen LogP contribution in [-0.2, 0) is 13.5 Å². The lowest BCUT2D eigenvalue weighted by Gasteiger charge is -2.03. The predicted octanol–water partition coefficient (Wildman–Crippen LogP) is 3.03. The summed E-state index contributed by atoms with van der Waals surface area (Å²) in [4.78, 5) is 11.0. The molecule has 3 rings (SSSR count). The van der Waals surface area contributed by atoms with E-state index in [2.05, 4.69) is 28.1 Å². The van der Waals surface area contributed by atoms with Crippen molar-refractivity contribution >= 4 is 39.3 Å². The van der Waals surface area contributed by atoms with Crippen molar-refractivity contribution in [1.29, 1.82) is 0 Å². The van der Waals surface area contributed by atoms with Crippen LogP contribution < -0.4 is 5.73 Å². The van der Waals surface area contributed by atoms with E-state index >= 15 is 0 Å². The van der Waals surface area contributed by atoms with Crippen molar-refractivity contribution in [3.63, 3.8) is 0 Å². The van der Waals surface area contributed by atoms with E-state index in [0.29, 0.717) is 5.95 Å². The number of fused-ring (bicyclic) bond motifs is 1. The number of nitrogen functional groups attached to an aromatic ring is 1. The molecule has 0 saturated heterocycles. The molecule has 104 valence electrons. The van der Waals surface area contributed by atoms with Crippen LogP contribution in [0.5, 0.6) is 0 Å². The van der Waals surface area contributed by atoms with Crippen LogP contribution in [0.2, 0.25) is 0 Å². The molecule has 3 aromatic heterocycles. The van der Waals surface area contributed by atoms with Crippen molar-refractivity contribution in [2.75, 3.05) is 5.73 Å². The van der Waals surface area contributed by atoms with E-state index in [1.54, 1.807) is 23.1 Å². The number of nitrogens with two attached hydrogens (primary N) is 1. The number of rotatable bonds is 3. The molecule has 0 bridgehead atoms. The lowest BCUT2D eigenvalue weighted by atomic mass is 10.3. The van der Waals surface area contributed by atoms with Gasteiger partial charge in [0.25, 0.3) is 0 Å². The van der Waals surface area contributed by atoms with Crippen LogP contribution in [0, 0.1) is 6.92 Å². The van der Waals surface area contributed by atoms with Crippen molar-refractivity contribution in [1.82, 2.24) is 19.7 Å². The second-order valence-corrected chi connectivity index (χ2v) is 6.65. The average Bonchev–Trinajstić information content (AvgIpc) is 2.93. The highest BCUT2D eigenvalue weighted by atomic mass is 32.2. The minimum Gasteiger partial charge on any atom is -0.368 e. The van der Waals surface area contributed by atoms with Gasteiger partial charge in [0.05, 0.1) is 5.69 Å². The molecule has 0 amide bonds. The van der Waals surface area contributed by atoms with Crippen molar-refractivity contribution in [2.45, 2.75) is 30.3 Å². The largest absolute Gasteiger partial charge is 0.368 e. The molecule has 2 N–H and O–H groups in total. The fraction of sp³-hybridized carbons (Fsp3) is 0.308. The maximum Gasteiger partial charge on any atom is 0.222 e. The Labute approximate surface area is 125 Å². The van der Waals surface area contributed by atoms with Gasteiger partial charge in [-0.2, -0.15) is 5.10 Å². The Kier molecular flexibility index (Phi) is 3.39. The summed E-state index contributed by atoms with van der Waals surface area (Å²) in [5.41, 5.74) is 6.81. The van der Waals surface area contributed by atoms with E-state index in [4.69, 9.17) is 5.73 Å². The van der Waals surface area contributed by atoms with Gasteiger partial charge in [-0.1, -0.05) is 6.92 Å². The first kappa shape index (κ1) is 13.4. The molecule has 0 radical (unpaired) electrons. The van der Waals surface area contributed by atoms with Crippen molar-refractivity contribution < 1.29 is 0 Å². The zero-order chi connectivity index (χ0) is 14.3. The van der Waals surface area contributed by atoms with Crippen LogP contribution >= 0.6 is 23.1 Å². The number of hydrogen-bond donors (Lipinski definition) is 1. The molecule has 3 aromatic rings. The fourth-order valence-corrected chi connectivity index (χ4v) is 4.04. The Balaban J connectivity index is 2.10. The van der Waals surface area contributed by atoms with Gasteiger partial charge in [0.1, 0.15) is 14.9 Å². The van der Waals surface area contributed by atoms with E-state index in [0.717, 1.165) is 32.4 Å². The van der Waals surface area contributed by atoms with E-state index < -0.39 is 0 Å². The van der Waals surface area contributed by atoms with Crippen LogP contribution in [0.4, 0.5) is 5.95 Å². The fourth-order valence-electron chi connectivity index (χ4n) is 1.99. The molecule has 0 atom stereocenters. The normalized spacial score (nSPS) is 11.3. The average molecular weight is 305 g/mol. The number of hydrogen-bond acceptors (Lipinski definition) is 6. The first-order valence-corrected chi connectivity index (χ1v) is 7.94. The van der Waals surface area contributed by atoms with Gasteiger partial charge in [-0.25, -0.2) is 9.97 Å². The predicted molar refractivity (Wildman–Crippen MR) is 83.3 cm³/mol. The van der Waals surface area contributed by atoms with Crippen LogP contribution in [0.25, 0.3) is 10.2 Å². The van der Waals surface area contributed by atoms with E-state index in [9.17, 15) is 0 Å². The van der Waals surface area contributed by atoms with Crippen molar-refractivity contribution in [3.8, 4) is 0 Å². The number of anilines is 1. The van der Waals surface area contributed by atoms with Gasteiger partial charge in [0, 0.05) is 17.3 Å². The topological polar surface area (TPSA) is 69.6 Å².